The van der Waals surface area contributed by atoms with Crippen LogP contribution in [-0.2, 0) is 0 Å². The largest absolute Gasteiger partial charge is 0.345 e. The minimum atomic E-state index is 0.0399. The topological polar surface area (TPSA) is 24.7 Å². The van der Waals surface area contributed by atoms with Gasteiger partial charge in [-0.1, -0.05) is 6.07 Å². The molecule has 0 spiro atoms. The van der Waals surface area contributed by atoms with Crippen LogP contribution in [0, 0.1) is 6.92 Å². The molecule has 0 saturated carbocycles. The molecule has 0 aliphatic heterocycles. The normalized spacial score (nSPS) is 10.6. The van der Waals surface area contributed by atoms with Crippen LogP contribution in [0.25, 0.3) is 5.52 Å². The van der Waals surface area contributed by atoms with E-state index in [4.69, 9.17) is 0 Å². The Hall–Kier alpha value is -1.77. The number of hydrogen-bond acceptors (Lipinski definition) is 1. The Morgan fingerprint density at radius 1 is 1.33 bits per heavy atom. The Bertz CT molecular complexity index is 511. The van der Waals surface area contributed by atoms with Crippen LogP contribution in [0.1, 0.15) is 16.1 Å². The second-order valence-corrected chi connectivity index (χ2v) is 3.89. The van der Waals surface area contributed by atoms with Gasteiger partial charge in [0, 0.05) is 31.5 Å². The second-order valence-electron chi connectivity index (χ2n) is 3.89. The maximum absolute atomic E-state index is 11.7. The van der Waals surface area contributed by atoms with E-state index < -0.39 is 0 Å². The molecule has 0 atom stereocenters. The van der Waals surface area contributed by atoms with Gasteiger partial charge < -0.3 is 9.30 Å². The van der Waals surface area contributed by atoms with Crippen LogP contribution in [0.4, 0.5) is 0 Å². The quantitative estimate of drug-likeness (QED) is 0.693. The van der Waals surface area contributed by atoms with Crippen molar-refractivity contribution in [1.82, 2.24) is 9.30 Å². The summed E-state index contributed by atoms with van der Waals surface area (Å²) in [6, 6.07) is 7.93. The molecule has 2 rings (SSSR count). The maximum atomic E-state index is 11.7. The first kappa shape index (κ1) is 9.77. The lowest BCUT2D eigenvalue weighted by molar-refractivity contribution is 0.0828. The lowest BCUT2D eigenvalue weighted by Gasteiger charge is -2.07. The molecule has 1 amide bonds. The fraction of sp³-hybridized carbons (Fsp3) is 0.250. The van der Waals surface area contributed by atoms with Gasteiger partial charge in [-0.15, -0.1) is 0 Å². The van der Waals surface area contributed by atoms with Crippen molar-refractivity contribution in [3.05, 3.63) is 41.7 Å². The molecule has 0 N–H and O–H groups in total. The van der Waals surface area contributed by atoms with Crippen molar-refractivity contribution in [2.75, 3.05) is 14.1 Å². The van der Waals surface area contributed by atoms with Gasteiger partial charge in [-0.3, -0.25) is 4.79 Å². The highest BCUT2D eigenvalue weighted by Gasteiger charge is 2.10. The first-order chi connectivity index (χ1) is 7.09. The number of nitrogens with zero attached hydrogens (tertiary/aromatic N) is 2. The summed E-state index contributed by atoms with van der Waals surface area (Å²) >= 11 is 0. The Kier molecular flexibility index (Phi) is 2.23. The zero-order chi connectivity index (χ0) is 11.0. The molecule has 78 valence electrons. The smallest absolute Gasteiger partial charge is 0.254 e. The summed E-state index contributed by atoms with van der Waals surface area (Å²) in [5.74, 6) is 0.0399. The zero-order valence-electron chi connectivity index (χ0n) is 9.19. The molecule has 15 heavy (non-hydrogen) atoms. The van der Waals surface area contributed by atoms with E-state index in [1.807, 2.05) is 41.8 Å². The van der Waals surface area contributed by atoms with Crippen molar-refractivity contribution in [1.29, 1.82) is 0 Å². The van der Waals surface area contributed by atoms with Gasteiger partial charge >= 0.3 is 0 Å². The third kappa shape index (κ3) is 1.61. The van der Waals surface area contributed by atoms with Crippen molar-refractivity contribution in [2.45, 2.75) is 6.92 Å². The van der Waals surface area contributed by atoms with E-state index >= 15 is 0 Å². The predicted octanol–water partition coefficient (Wildman–Crippen LogP) is 1.95. The van der Waals surface area contributed by atoms with Gasteiger partial charge in [-0.25, -0.2) is 0 Å². The summed E-state index contributed by atoms with van der Waals surface area (Å²) < 4.78 is 2.02. The predicted molar refractivity (Wildman–Crippen MR) is 60.2 cm³/mol. The van der Waals surface area contributed by atoms with Gasteiger partial charge in [0.15, 0.2) is 0 Å². The standard InChI is InChI=1S/C12H14N2O/c1-9-5-4-6-11-7-10(8-14(9)11)12(15)13(2)3/h4-8H,1-3H3. The summed E-state index contributed by atoms with van der Waals surface area (Å²) in [6.07, 6.45) is 1.88. The van der Waals surface area contributed by atoms with Crippen molar-refractivity contribution < 1.29 is 4.79 Å². The molecule has 2 aromatic heterocycles. The molecule has 3 nitrogen and oxygen atoms in total. The van der Waals surface area contributed by atoms with E-state index in [9.17, 15) is 4.79 Å². The number of fused-ring (bicyclic) bond motifs is 1. The summed E-state index contributed by atoms with van der Waals surface area (Å²) in [5.41, 5.74) is 2.92. The molecule has 0 aromatic carbocycles. The minimum absolute atomic E-state index is 0.0399. The third-order valence-corrected chi connectivity index (χ3v) is 2.49. The van der Waals surface area contributed by atoms with Crippen molar-refractivity contribution in [3.8, 4) is 0 Å². The molecular formula is C12H14N2O. The van der Waals surface area contributed by atoms with Gasteiger partial charge in [-0.05, 0) is 25.1 Å². The van der Waals surface area contributed by atoms with Gasteiger partial charge in [0.05, 0.1) is 5.56 Å². The molecule has 2 heterocycles. The van der Waals surface area contributed by atoms with Crippen LogP contribution in [-0.4, -0.2) is 29.3 Å². The monoisotopic (exact) mass is 202 g/mol. The van der Waals surface area contributed by atoms with Crippen LogP contribution in [0.5, 0.6) is 0 Å². The highest BCUT2D eigenvalue weighted by atomic mass is 16.2. The fourth-order valence-electron chi connectivity index (χ4n) is 1.66. The van der Waals surface area contributed by atoms with Crippen molar-refractivity contribution in [2.24, 2.45) is 0 Å². The van der Waals surface area contributed by atoms with Crippen molar-refractivity contribution >= 4 is 11.4 Å². The first-order valence-corrected chi connectivity index (χ1v) is 4.89. The van der Waals surface area contributed by atoms with E-state index in [0.29, 0.717) is 0 Å². The molecule has 2 aromatic rings. The van der Waals surface area contributed by atoms with Crippen LogP contribution in [0.2, 0.25) is 0 Å². The number of carbonyl (C=O) groups is 1. The zero-order valence-corrected chi connectivity index (χ0v) is 9.19. The summed E-state index contributed by atoms with van der Waals surface area (Å²) in [6.45, 7) is 2.02. The number of aromatic nitrogens is 1. The second kappa shape index (κ2) is 3.42. The summed E-state index contributed by atoms with van der Waals surface area (Å²) in [4.78, 5) is 13.3. The molecule has 0 aliphatic rings. The SMILES string of the molecule is Cc1cccc2cc(C(=O)N(C)C)cn12. The Morgan fingerprint density at radius 3 is 2.67 bits per heavy atom. The molecule has 0 fully saturated rings. The van der Waals surface area contributed by atoms with E-state index in [1.54, 1.807) is 19.0 Å². The van der Waals surface area contributed by atoms with Crippen LogP contribution in [0.3, 0.4) is 0 Å². The molecule has 0 bridgehead atoms. The molecule has 3 heteroatoms. The molecule has 0 radical (unpaired) electrons. The average molecular weight is 202 g/mol. The van der Waals surface area contributed by atoms with E-state index in [2.05, 4.69) is 0 Å². The van der Waals surface area contributed by atoms with Crippen molar-refractivity contribution in [3.63, 3.8) is 0 Å². The lowest BCUT2D eigenvalue weighted by atomic mass is 10.3. The molecule has 0 aliphatic carbocycles. The minimum Gasteiger partial charge on any atom is -0.345 e. The Balaban J connectivity index is 2.57. The Labute approximate surface area is 88.9 Å². The number of rotatable bonds is 1. The van der Waals surface area contributed by atoms with Gasteiger partial charge in [0.25, 0.3) is 5.91 Å². The molecule has 0 unspecified atom stereocenters. The van der Waals surface area contributed by atoms with Crippen LogP contribution >= 0.6 is 0 Å². The van der Waals surface area contributed by atoms with E-state index in [-0.39, 0.29) is 5.91 Å². The number of hydrogen-bond donors (Lipinski definition) is 0. The molecule has 0 saturated heterocycles. The first-order valence-electron chi connectivity index (χ1n) is 4.89. The van der Waals surface area contributed by atoms with Crippen LogP contribution in [0.15, 0.2) is 30.5 Å². The maximum Gasteiger partial charge on any atom is 0.254 e. The summed E-state index contributed by atoms with van der Waals surface area (Å²) in [5, 5.41) is 0. The Morgan fingerprint density at radius 2 is 2.07 bits per heavy atom. The molecular weight excluding hydrogens is 188 g/mol. The van der Waals surface area contributed by atoms with E-state index in [1.165, 1.54) is 0 Å². The highest BCUT2D eigenvalue weighted by Crippen LogP contribution is 2.13. The lowest BCUT2D eigenvalue weighted by Crippen LogP contribution is -2.20. The number of aryl methyl sites for hydroxylation is 1. The number of pyridine rings is 1. The number of amides is 1. The van der Waals surface area contributed by atoms with Gasteiger partial charge in [0.2, 0.25) is 0 Å². The fourth-order valence-corrected chi connectivity index (χ4v) is 1.66. The third-order valence-electron chi connectivity index (χ3n) is 2.49. The highest BCUT2D eigenvalue weighted by molar-refractivity contribution is 5.95. The summed E-state index contributed by atoms with van der Waals surface area (Å²) in [7, 11) is 3.52. The van der Waals surface area contributed by atoms with Gasteiger partial charge in [-0.2, -0.15) is 0 Å². The van der Waals surface area contributed by atoms with E-state index in [0.717, 1.165) is 16.8 Å². The van der Waals surface area contributed by atoms with Crippen LogP contribution < -0.4 is 0 Å². The average Bonchev–Trinajstić information content (AvgIpc) is 2.61. The number of carbonyl (C=O) groups excluding carboxylic acids is 1. The van der Waals surface area contributed by atoms with Gasteiger partial charge in [0.1, 0.15) is 0 Å².